The number of hydrogen-bond acceptors (Lipinski definition) is 4. The molecule has 1 aliphatic heterocycles. The lowest BCUT2D eigenvalue weighted by atomic mass is 10.2. The van der Waals surface area contributed by atoms with Gasteiger partial charge in [0, 0.05) is 25.8 Å². The van der Waals surface area contributed by atoms with Crippen molar-refractivity contribution in [1.82, 2.24) is 9.29 Å². The van der Waals surface area contributed by atoms with E-state index in [1.165, 1.54) is 16.6 Å². The summed E-state index contributed by atoms with van der Waals surface area (Å²) in [7, 11) is -3.46. The maximum Gasteiger partial charge on any atom is 0.244 e. The van der Waals surface area contributed by atoms with Crippen LogP contribution in [0.4, 0.5) is 5.82 Å². The van der Waals surface area contributed by atoms with Crippen molar-refractivity contribution >= 4 is 27.4 Å². The van der Waals surface area contributed by atoms with Crippen LogP contribution in [-0.2, 0) is 10.0 Å². The quantitative estimate of drug-likeness (QED) is 0.927. The lowest BCUT2D eigenvalue weighted by molar-refractivity contribution is 0.346. The molecule has 0 aliphatic carbocycles. The molecule has 0 amide bonds. The van der Waals surface area contributed by atoms with E-state index >= 15 is 0 Å². The largest absolute Gasteiger partial charge is 0.369 e. The number of nitrogens with zero attached hydrogens (tertiary/aromatic N) is 2. The zero-order valence-corrected chi connectivity index (χ0v) is 12.5. The van der Waals surface area contributed by atoms with Crippen molar-refractivity contribution < 1.29 is 8.42 Å². The van der Waals surface area contributed by atoms with Gasteiger partial charge in [-0.2, -0.15) is 4.31 Å². The Labute approximate surface area is 119 Å². The number of halogens is 1. The summed E-state index contributed by atoms with van der Waals surface area (Å²) in [5.41, 5.74) is 0. The Hall–Kier alpha value is -0.850. The number of piperidine rings is 1. The molecule has 2 heterocycles. The first-order valence-corrected chi connectivity index (χ1v) is 8.27. The van der Waals surface area contributed by atoms with E-state index in [9.17, 15) is 8.42 Å². The van der Waals surface area contributed by atoms with E-state index < -0.39 is 10.0 Å². The van der Waals surface area contributed by atoms with Crippen LogP contribution in [0.2, 0.25) is 5.02 Å². The van der Waals surface area contributed by atoms with Crippen molar-refractivity contribution in [2.75, 3.05) is 25.0 Å². The van der Waals surface area contributed by atoms with Gasteiger partial charge in [-0.05, 0) is 25.8 Å². The van der Waals surface area contributed by atoms with Crippen LogP contribution in [0.25, 0.3) is 0 Å². The molecule has 1 N–H and O–H groups in total. The zero-order chi connectivity index (χ0) is 13.9. The number of nitrogens with one attached hydrogen (secondary N) is 1. The van der Waals surface area contributed by atoms with Crippen LogP contribution in [0.3, 0.4) is 0 Å². The van der Waals surface area contributed by atoms with E-state index in [1.807, 2.05) is 6.92 Å². The maximum atomic E-state index is 12.4. The van der Waals surface area contributed by atoms with Crippen LogP contribution in [0.15, 0.2) is 17.2 Å². The summed E-state index contributed by atoms with van der Waals surface area (Å²) in [6.07, 6.45) is 4.28. The van der Waals surface area contributed by atoms with Crippen molar-refractivity contribution in [3.05, 3.63) is 17.3 Å². The molecule has 1 aromatic rings. The van der Waals surface area contributed by atoms with Crippen molar-refractivity contribution in [1.29, 1.82) is 0 Å². The number of pyridine rings is 1. The zero-order valence-electron chi connectivity index (χ0n) is 10.9. The molecular weight excluding hydrogens is 286 g/mol. The van der Waals surface area contributed by atoms with E-state index in [0.717, 1.165) is 19.3 Å². The van der Waals surface area contributed by atoms with Gasteiger partial charge in [0.2, 0.25) is 10.0 Å². The molecule has 7 heteroatoms. The molecule has 106 valence electrons. The van der Waals surface area contributed by atoms with Gasteiger partial charge >= 0.3 is 0 Å². The normalized spacial score (nSPS) is 17.4. The average Bonchev–Trinajstić information content (AvgIpc) is 2.42. The van der Waals surface area contributed by atoms with Gasteiger partial charge in [0.25, 0.3) is 0 Å². The van der Waals surface area contributed by atoms with E-state index in [4.69, 9.17) is 11.6 Å². The average molecular weight is 304 g/mol. The monoisotopic (exact) mass is 303 g/mol. The minimum absolute atomic E-state index is 0.168. The highest BCUT2D eigenvalue weighted by atomic mass is 35.5. The summed E-state index contributed by atoms with van der Waals surface area (Å²) >= 11 is 6.05. The topological polar surface area (TPSA) is 62.3 Å². The lowest BCUT2D eigenvalue weighted by Crippen LogP contribution is -2.35. The van der Waals surface area contributed by atoms with Gasteiger partial charge in [0.1, 0.15) is 10.7 Å². The highest BCUT2D eigenvalue weighted by Gasteiger charge is 2.26. The summed E-state index contributed by atoms with van der Waals surface area (Å²) in [6.45, 7) is 3.77. The molecule has 0 unspecified atom stereocenters. The van der Waals surface area contributed by atoms with Crippen molar-refractivity contribution in [3.63, 3.8) is 0 Å². The van der Waals surface area contributed by atoms with Gasteiger partial charge in [-0.15, -0.1) is 0 Å². The van der Waals surface area contributed by atoms with Gasteiger partial charge in [0.15, 0.2) is 0 Å². The summed E-state index contributed by atoms with van der Waals surface area (Å²) in [4.78, 5) is 4.25. The first-order valence-electron chi connectivity index (χ1n) is 6.45. The molecular formula is C12H18ClN3O2S. The predicted octanol–water partition coefficient (Wildman–Crippen LogP) is 2.34. The molecule has 2 rings (SSSR count). The van der Waals surface area contributed by atoms with Gasteiger partial charge in [0.05, 0.1) is 5.02 Å². The van der Waals surface area contributed by atoms with Crippen LogP contribution >= 0.6 is 11.6 Å². The standard InChI is InChI=1S/C12H18ClN3O2S/c1-2-14-12-11(13)8-10(9-15-12)19(17,18)16-6-4-3-5-7-16/h8-9H,2-7H2,1H3,(H,14,15). The minimum Gasteiger partial charge on any atom is -0.369 e. The molecule has 1 aliphatic rings. The van der Waals surface area contributed by atoms with Gasteiger partial charge in [-0.3, -0.25) is 0 Å². The Kier molecular flexibility index (Phi) is 4.65. The molecule has 1 aromatic heterocycles. The fraction of sp³-hybridized carbons (Fsp3) is 0.583. The van der Waals surface area contributed by atoms with Crippen LogP contribution in [-0.4, -0.2) is 37.3 Å². The fourth-order valence-corrected chi connectivity index (χ4v) is 3.90. The Balaban J connectivity index is 2.27. The van der Waals surface area contributed by atoms with E-state index in [2.05, 4.69) is 10.3 Å². The Morgan fingerprint density at radius 2 is 2.05 bits per heavy atom. The number of rotatable bonds is 4. The summed E-state index contributed by atoms with van der Waals surface area (Å²) in [5.74, 6) is 0.516. The van der Waals surface area contributed by atoms with Gasteiger partial charge < -0.3 is 5.32 Å². The third-order valence-corrected chi connectivity index (χ3v) is 5.27. The van der Waals surface area contributed by atoms with Crippen LogP contribution in [0, 0.1) is 0 Å². The second-order valence-corrected chi connectivity index (χ2v) is 6.84. The maximum absolute atomic E-state index is 12.4. The summed E-state index contributed by atoms with van der Waals surface area (Å²) < 4.78 is 26.3. The molecule has 0 aromatic carbocycles. The fourth-order valence-electron chi connectivity index (χ4n) is 2.11. The second kappa shape index (κ2) is 6.07. The summed E-state index contributed by atoms with van der Waals surface area (Å²) in [6, 6.07) is 1.47. The van der Waals surface area contributed by atoms with Gasteiger partial charge in [-0.1, -0.05) is 18.0 Å². The predicted molar refractivity (Wildman–Crippen MR) is 76.0 cm³/mol. The van der Waals surface area contributed by atoms with Crippen LogP contribution in [0.1, 0.15) is 26.2 Å². The molecule has 1 fully saturated rings. The molecule has 0 atom stereocenters. The minimum atomic E-state index is -3.46. The van der Waals surface area contributed by atoms with Crippen molar-refractivity contribution in [2.45, 2.75) is 31.1 Å². The molecule has 0 radical (unpaired) electrons. The lowest BCUT2D eigenvalue weighted by Gasteiger charge is -2.25. The molecule has 5 nitrogen and oxygen atoms in total. The SMILES string of the molecule is CCNc1ncc(S(=O)(=O)N2CCCCC2)cc1Cl. The van der Waals surface area contributed by atoms with Gasteiger partial charge in [-0.25, -0.2) is 13.4 Å². The molecule has 0 bridgehead atoms. The molecule has 1 saturated heterocycles. The Bertz CT molecular complexity index is 542. The Morgan fingerprint density at radius 1 is 1.37 bits per heavy atom. The highest BCUT2D eigenvalue weighted by Crippen LogP contribution is 2.25. The molecule has 19 heavy (non-hydrogen) atoms. The smallest absolute Gasteiger partial charge is 0.244 e. The van der Waals surface area contributed by atoms with E-state index in [1.54, 1.807) is 0 Å². The first-order chi connectivity index (χ1) is 9.05. The number of sulfonamides is 1. The van der Waals surface area contributed by atoms with Crippen molar-refractivity contribution in [2.24, 2.45) is 0 Å². The molecule has 0 spiro atoms. The highest BCUT2D eigenvalue weighted by molar-refractivity contribution is 7.89. The number of hydrogen-bond donors (Lipinski definition) is 1. The third kappa shape index (κ3) is 3.19. The van der Waals surface area contributed by atoms with Crippen molar-refractivity contribution in [3.8, 4) is 0 Å². The van der Waals surface area contributed by atoms with Crippen LogP contribution in [0.5, 0.6) is 0 Å². The van der Waals surface area contributed by atoms with E-state index in [0.29, 0.717) is 30.5 Å². The number of aromatic nitrogens is 1. The third-order valence-electron chi connectivity index (χ3n) is 3.11. The first kappa shape index (κ1) is 14.6. The number of anilines is 1. The second-order valence-electron chi connectivity index (χ2n) is 4.50. The summed E-state index contributed by atoms with van der Waals surface area (Å²) in [5, 5.41) is 3.32. The molecule has 0 saturated carbocycles. The Morgan fingerprint density at radius 3 is 2.63 bits per heavy atom. The van der Waals surface area contributed by atoms with Crippen LogP contribution < -0.4 is 5.32 Å². The van der Waals surface area contributed by atoms with E-state index in [-0.39, 0.29) is 4.90 Å².